The lowest BCUT2D eigenvalue weighted by Crippen LogP contribution is -2.17. The summed E-state index contributed by atoms with van der Waals surface area (Å²) < 4.78 is 20.6. The molecule has 0 spiro atoms. The number of benzene rings is 2. The summed E-state index contributed by atoms with van der Waals surface area (Å²) in [5.74, 6) is 0.398. The Balaban J connectivity index is 1.68. The molecule has 6 nitrogen and oxygen atoms in total. The minimum Gasteiger partial charge on any atom is -0.497 e. The number of nitrogens with zero attached hydrogens (tertiary/aromatic N) is 3. The summed E-state index contributed by atoms with van der Waals surface area (Å²) in [4.78, 5) is 21.5. The highest BCUT2D eigenvalue weighted by Gasteiger charge is 2.11. The van der Waals surface area contributed by atoms with E-state index in [1.165, 1.54) is 46.5 Å². The van der Waals surface area contributed by atoms with Crippen molar-refractivity contribution in [2.45, 2.75) is 6.92 Å². The minimum atomic E-state index is -0.357. The molecule has 0 aliphatic heterocycles. The zero-order valence-electron chi connectivity index (χ0n) is 14.6. The van der Waals surface area contributed by atoms with Gasteiger partial charge in [0.25, 0.3) is 5.56 Å². The van der Waals surface area contributed by atoms with Gasteiger partial charge in [-0.1, -0.05) is 11.3 Å². The molecular weight excluding hydrogens is 367 g/mol. The Kier molecular flexibility index (Phi) is 4.33. The van der Waals surface area contributed by atoms with Crippen LogP contribution in [0.3, 0.4) is 0 Å². The van der Waals surface area contributed by atoms with Gasteiger partial charge in [0.1, 0.15) is 11.6 Å². The van der Waals surface area contributed by atoms with Crippen LogP contribution in [0.25, 0.3) is 15.9 Å². The van der Waals surface area contributed by atoms with E-state index in [4.69, 9.17) is 4.74 Å². The highest BCUT2D eigenvalue weighted by atomic mass is 32.1. The molecule has 0 atom stereocenters. The van der Waals surface area contributed by atoms with E-state index in [9.17, 15) is 9.18 Å². The van der Waals surface area contributed by atoms with E-state index >= 15 is 0 Å². The van der Waals surface area contributed by atoms with Gasteiger partial charge < -0.3 is 4.74 Å². The Morgan fingerprint density at radius 1 is 1.26 bits per heavy atom. The van der Waals surface area contributed by atoms with Gasteiger partial charge in [0.15, 0.2) is 0 Å². The quantitative estimate of drug-likeness (QED) is 0.543. The molecule has 4 aromatic rings. The number of methoxy groups -OCH3 is 1. The van der Waals surface area contributed by atoms with Gasteiger partial charge in [-0.15, -0.1) is 0 Å². The predicted octanol–water partition coefficient (Wildman–Crippen LogP) is 3.98. The second-order valence-corrected chi connectivity index (χ2v) is 6.86. The van der Waals surface area contributed by atoms with Gasteiger partial charge in [0.2, 0.25) is 5.13 Å². The van der Waals surface area contributed by atoms with E-state index in [0.717, 1.165) is 16.0 Å². The minimum absolute atomic E-state index is 0.259. The maximum Gasteiger partial charge on any atom is 0.280 e. The lowest BCUT2D eigenvalue weighted by atomic mass is 10.3. The molecule has 1 N–H and O–H groups in total. The van der Waals surface area contributed by atoms with Crippen molar-refractivity contribution < 1.29 is 9.13 Å². The third-order valence-electron chi connectivity index (χ3n) is 4.09. The number of aliphatic imine (C=N–C) groups is 1. The molecule has 0 fully saturated rings. The number of aromatic nitrogens is 3. The van der Waals surface area contributed by atoms with Crippen LogP contribution in [0.15, 0.2) is 52.3 Å². The second kappa shape index (κ2) is 6.81. The fraction of sp³-hybridized carbons (Fsp3) is 0.105. The summed E-state index contributed by atoms with van der Waals surface area (Å²) in [5.41, 5.74) is 2.20. The molecule has 2 heterocycles. The molecule has 0 unspecified atom stereocenters. The first-order chi connectivity index (χ1) is 13.0. The van der Waals surface area contributed by atoms with E-state index in [0.29, 0.717) is 22.1 Å². The van der Waals surface area contributed by atoms with Gasteiger partial charge in [-0.2, -0.15) is 0 Å². The van der Waals surface area contributed by atoms with Crippen LogP contribution in [-0.4, -0.2) is 28.1 Å². The zero-order valence-corrected chi connectivity index (χ0v) is 15.4. The van der Waals surface area contributed by atoms with Crippen molar-refractivity contribution in [3.05, 3.63) is 69.9 Å². The average molecular weight is 382 g/mol. The van der Waals surface area contributed by atoms with Crippen LogP contribution >= 0.6 is 11.3 Å². The summed E-state index contributed by atoms with van der Waals surface area (Å²) in [7, 11) is 1.61. The number of H-pyrrole nitrogens is 1. The molecule has 8 heteroatoms. The summed E-state index contributed by atoms with van der Waals surface area (Å²) in [5, 5.41) is 3.53. The van der Waals surface area contributed by atoms with Crippen LogP contribution in [-0.2, 0) is 0 Å². The number of rotatable bonds is 4. The fourth-order valence-corrected chi connectivity index (χ4v) is 3.52. The summed E-state index contributed by atoms with van der Waals surface area (Å²) >= 11 is 1.41. The number of ether oxygens (including phenoxy) is 1. The third-order valence-corrected chi connectivity index (χ3v) is 5.02. The highest BCUT2D eigenvalue weighted by Crippen LogP contribution is 2.30. The van der Waals surface area contributed by atoms with Crippen molar-refractivity contribution in [1.29, 1.82) is 0 Å². The van der Waals surface area contributed by atoms with Crippen molar-refractivity contribution >= 4 is 32.9 Å². The number of nitrogens with one attached hydrogen (secondary N) is 1. The lowest BCUT2D eigenvalue weighted by Gasteiger charge is -2.00. The number of thiazole rings is 1. The Morgan fingerprint density at radius 3 is 2.78 bits per heavy atom. The maximum absolute atomic E-state index is 13.1. The fourth-order valence-electron chi connectivity index (χ4n) is 2.68. The summed E-state index contributed by atoms with van der Waals surface area (Å²) in [6.07, 6.45) is 1.50. The molecule has 2 aromatic heterocycles. The van der Waals surface area contributed by atoms with Crippen molar-refractivity contribution in [3.8, 4) is 11.4 Å². The standard InChI is InChI=1S/C19H15FN4O2S/c1-11-15(18(25)24(23-11)13-5-3-12(20)4-6-13)10-21-19-22-16-8-7-14(26-2)9-17(16)27-19/h3-10,23H,1-2H3/b21-10+. The molecule has 0 radical (unpaired) electrons. The first kappa shape index (κ1) is 17.2. The van der Waals surface area contributed by atoms with Crippen LogP contribution in [0.5, 0.6) is 5.75 Å². The number of hydrogen-bond donors (Lipinski definition) is 1. The number of fused-ring (bicyclic) bond motifs is 1. The number of halogens is 1. The van der Waals surface area contributed by atoms with Gasteiger partial charge in [-0.25, -0.2) is 19.0 Å². The van der Waals surface area contributed by atoms with Gasteiger partial charge in [0, 0.05) is 11.9 Å². The first-order valence-electron chi connectivity index (χ1n) is 8.11. The smallest absolute Gasteiger partial charge is 0.280 e. The first-order valence-corrected chi connectivity index (χ1v) is 8.93. The Labute approximate surface area is 157 Å². The Morgan fingerprint density at radius 2 is 2.04 bits per heavy atom. The number of aryl methyl sites for hydroxylation is 1. The highest BCUT2D eigenvalue weighted by molar-refractivity contribution is 7.22. The largest absolute Gasteiger partial charge is 0.497 e. The van der Waals surface area contributed by atoms with Crippen molar-refractivity contribution in [1.82, 2.24) is 14.8 Å². The molecule has 4 rings (SSSR count). The second-order valence-electron chi connectivity index (χ2n) is 5.86. The van der Waals surface area contributed by atoms with E-state index < -0.39 is 0 Å². The van der Waals surface area contributed by atoms with Crippen molar-refractivity contribution in [2.24, 2.45) is 4.99 Å². The predicted molar refractivity (Wildman–Crippen MR) is 105 cm³/mol. The molecule has 0 bridgehead atoms. The van der Waals surface area contributed by atoms with Gasteiger partial charge in [-0.3, -0.25) is 9.89 Å². The Bertz CT molecular complexity index is 1200. The van der Waals surface area contributed by atoms with E-state index in [1.54, 1.807) is 14.0 Å². The maximum atomic E-state index is 13.1. The van der Waals surface area contributed by atoms with E-state index in [-0.39, 0.29) is 11.4 Å². The van der Waals surface area contributed by atoms with Crippen LogP contribution < -0.4 is 10.3 Å². The van der Waals surface area contributed by atoms with E-state index in [2.05, 4.69) is 15.1 Å². The van der Waals surface area contributed by atoms with Crippen LogP contribution in [0.1, 0.15) is 11.3 Å². The molecule has 0 aliphatic rings. The Hall–Kier alpha value is -3.26. The molecule has 2 aromatic carbocycles. The molecule has 0 amide bonds. The molecule has 0 aliphatic carbocycles. The van der Waals surface area contributed by atoms with Gasteiger partial charge >= 0.3 is 0 Å². The third kappa shape index (κ3) is 3.26. The number of hydrogen-bond acceptors (Lipinski definition) is 5. The van der Waals surface area contributed by atoms with Crippen LogP contribution in [0.4, 0.5) is 9.52 Å². The van der Waals surface area contributed by atoms with E-state index in [1.807, 2.05) is 18.2 Å². The van der Waals surface area contributed by atoms with Crippen LogP contribution in [0, 0.1) is 12.7 Å². The molecule has 136 valence electrons. The molecule has 27 heavy (non-hydrogen) atoms. The average Bonchev–Trinajstić information content (AvgIpc) is 3.20. The van der Waals surface area contributed by atoms with Gasteiger partial charge in [0.05, 0.1) is 28.6 Å². The topological polar surface area (TPSA) is 72.3 Å². The molecule has 0 saturated heterocycles. The van der Waals surface area contributed by atoms with Crippen molar-refractivity contribution in [3.63, 3.8) is 0 Å². The molecular formula is C19H15FN4O2S. The molecule has 0 saturated carbocycles. The number of aromatic amines is 1. The zero-order chi connectivity index (χ0) is 19.0. The lowest BCUT2D eigenvalue weighted by molar-refractivity contribution is 0.415. The van der Waals surface area contributed by atoms with Crippen LogP contribution in [0.2, 0.25) is 0 Å². The summed E-state index contributed by atoms with van der Waals surface area (Å²) in [6.45, 7) is 1.78. The van der Waals surface area contributed by atoms with Gasteiger partial charge in [-0.05, 0) is 49.4 Å². The SMILES string of the molecule is COc1ccc2nc(/N=C/c3c(C)[nH]n(-c4ccc(F)cc4)c3=O)sc2c1. The summed E-state index contributed by atoms with van der Waals surface area (Å²) in [6, 6.07) is 11.3. The van der Waals surface area contributed by atoms with Crippen molar-refractivity contribution in [2.75, 3.05) is 7.11 Å². The normalized spacial score (nSPS) is 11.5. The monoisotopic (exact) mass is 382 g/mol.